The third kappa shape index (κ3) is 10.1. The molecule has 0 amide bonds. The fourth-order valence-electron chi connectivity index (χ4n) is 0. The van der Waals surface area contributed by atoms with Gasteiger partial charge in [-0.05, 0) is 0 Å². The molecule has 0 aliphatic rings. The third-order valence-corrected chi connectivity index (χ3v) is 0. The molecule has 0 nitrogen and oxygen atoms in total. The Labute approximate surface area is 51.2 Å². The van der Waals surface area contributed by atoms with E-state index in [1.165, 1.54) is 4.79 Å². The van der Waals surface area contributed by atoms with Crippen LogP contribution in [0.15, 0.2) is 0 Å². The van der Waals surface area contributed by atoms with E-state index in [1.54, 1.807) is 0 Å². The van der Waals surface area contributed by atoms with E-state index in [4.69, 9.17) is 11.6 Å². The maximum absolute atomic E-state index is 4.79. The van der Waals surface area contributed by atoms with Gasteiger partial charge in [-0.2, -0.15) is 4.79 Å². The van der Waals surface area contributed by atoms with Crippen LogP contribution in [0.2, 0.25) is 0 Å². The minimum Gasteiger partial charge on any atom is -0.337 e. The number of hydrogen-bond acceptors (Lipinski definition) is 0. The minimum atomic E-state index is 0. The molecule has 0 rings (SSSR count). The Bertz CT molecular complexity index is 8.00. The molecule has 3 heteroatoms. The van der Waals surface area contributed by atoms with Crippen molar-refractivity contribution in [3.63, 3.8) is 0 Å². The Balaban J connectivity index is 0. The Hall–Kier alpha value is 1.37. The molecule has 0 saturated carbocycles. The average molecular weight is 135 g/mol. The Kier molecular flexibility index (Phi) is 19.9. The number of halogens is 2. The second-order valence-electron chi connectivity index (χ2n) is 0.0825. The molecule has 20 valence electrons. The molecule has 0 radical (unpaired) electrons. The van der Waals surface area contributed by atoms with Crippen molar-refractivity contribution >= 4 is 27.5 Å². The van der Waals surface area contributed by atoms with Gasteiger partial charge in [0.25, 0.3) is 0 Å². The molecule has 4 heavy (non-hydrogen) atoms. The molecule has 0 fully saturated rings. The first-order chi connectivity index (χ1) is 1.41. The molecule has 0 aromatic carbocycles. The van der Waals surface area contributed by atoms with E-state index < -0.39 is 0 Å². The minimum absolute atomic E-state index is 0. The third-order valence-electron chi connectivity index (χ3n) is 0. The molecular weight excluding hydrogens is 134 g/mol. The second-order valence-corrected chi connectivity index (χ2v) is 1.29. The molecule has 0 bridgehead atoms. The van der Waals surface area contributed by atoms with E-state index in [2.05, 4.69) is 15.9 Å². The predicted octanol–water partition coefficient (Wildman–Crippen LogP) is -1.26. The van der Waals surface area contributed by atoms with Crippen molar-refractivity contribution in [2.45, 2.75) is 0 Å². The van der Waals surface area contributed by atoms with Gasteiger partial charge in [-0.3, -0.25) is 0 Å². The molecule has 0 unspecified atom stereocenters. The first kappa shape index (κ1) is 9.03. The van der Waals surface area contributed by atoms with E-state index in [0.29, 0.717) is 0 Å². The monoisotopic (exact) mass is 134 g/mol. The van der Waals surface area contributed by atoms with Crippen LogP contribution in [-0.2, 0) is 0 Å². The maximum Gasteiger partial charge on any atom is 1.00 e. The maximum atomic E-state index is 4.79. The van der Waals surface area contributed by atoms with Crippen LogP contribution in [-0.4, -0.2) is 0 Å². The summed E-state index contributed by atoms with van der Waals surface area (Å²) in [6.07, 6.45) is 0. The van der Waals surface area contributed by atoms with Gasteiger partial charge in [0.05, 0.1) is 0 Å². The summed E-state index contributed by atoms with van der Waals surface area (Å²) in [5.74, 6) is 0. The summed E-state index contributed by atoms with van der Waals surface area (Å²) in [4.78, 5) is 1.28. The summed E-state index contributed by atoms with van der Waals surface area (Å²) in [6.45, 7) is 0. The van der Waals surface area contributed by atoms with E-state index in [-0.39, 0.29) is 18.9 Å². The summed E-state index contributed by atoms with van der Waals surface area (Å²) in [7, 11) is 0. The van der Waals surface area contributed by atoms with Gasteiger partial charge >= 0.3 is 18.9 Å². The van der Waals surface area contributed by atoms with E-state index >= 15 is 0 Å². The quantitative estimate of drug-likeness (QED) is 0.287. The van der Waals surface area contributed by atoms with Crippen molar-refractivity contribution in [3.8, 4) is 0 Å². The Morgan fingerprint density at radius 1 is 1.75 bits per heavy atom. The average Bonchev–Trinajstić information content (AvgIpc) is 0.918. The van der Waals surface area contributed by atoms with Crippen molar-refractivity contribution in [2.75, 3.05) is 0 Å². The molecular formula is CHBrClLi. The van der Waals surface area contributed by atoms with Gasteiger partial charge < -0.3 is 27.5 Å². The predicted molar refractivity (Wildman–Crippen MR) is 19.1 cm³/mol. The topological polar surface area (TPSA) is 0 Å². The van der Waals surface area contributed by atoms with Gasteiger partial charge in [0.1, 0.15) is 0 Å². The van der Waals surface area contributed by atoms with Crippen molar-refractivity contribution in [2.24, 2.45) is 0 Å². The van der Waals surface area contributed by atoms with Gasteiger partial charge in [0, 0.05) is 0 Å². The van der Waals surface area contributed by atoms with Crippen LogP contribution in [0.25, 0.3) is 0 Å². The van der Waals surface area contributed by atoms with Crippen LogP contribution in [0.5, 0.6) is 0 Å². The van der Waals surface area contributed by atoms with Crippen molar-refractivity contribution in [1.82, 2.24) is 0 Å². The molecule has 0 saturated heterocycles. The molecule has 0 N–H and O–H groups in total. The molecule has 0 aromatic rings. The van der Waals surface area contributed by atoms with Gasteiger partial charge in [-0.1, -0.05) is 0 Å². The van der Waals surface area contributed by atoms with Crippen LogP contribution in [0.4, 0.5) is 0 Å². The summed E-state index contributed by atoms with van der Waals surface area (Å²) >= 11 is 7.58. The van der Waals surface area contributed by atoms with E-state index in [0.717, 1.165) is 0 Å². The second kappa shape index (κ2) is 8.84. The van der Waals surface area contributed by atoms with Crippen molar-refractivity contribution in [1.29, 1.82) is 0 Å². The van der Waals surface area contributed by atoms with Gasteiger partial charge in [0.15, 0.2) is 0 Å². The van der Waals surface area contributed by atoms with Crippen LogP contribution in [0.1, 0.15) is 0 Å². The van der Waals surface area contributed by atoms with Crippen LogP contribution in [0, 0.1) is 4.79 Å². The van der Waals surface area contributed by atoms with Crippen molar-refractivity contribution in [3.05, 3.63) is 4.79 Å². The molecule has 0 aromatic heterocycles. The Morgan fingerprint density at radius 2 is 1.75 bits per heavy atom. The first-order valence-electron chi connectivity index (χ1n) is 0.436. The Morgan fingerprint density at radius 3 is 1.75 bits per heavy atom. The zero-order valence-electron chi connectivity index (χ0n) is 2.33. The molecule has 0 spiro atoms. The van der Waals surface area contributed by atoms with E-state index in [1.807, 2.05) is 0 Å². The summed E-state index contributed by atoms with van der Waals surface area (Å²) in [5.41, 5.74) is 0. The molecule has 0 aliphatic carbocycles. The fourth-order valence-corrected chi connectivity index (χ4v) is 0. The SMILES string of the molecule is Cl[CH-]Br.[Li+]. The van der Waals surface area contributed by atoms with E-state index in [9.17, 15) is 0 Å². The summed E-state index contributed by atoms with van der Waals surface area (Å²) in [6, 6.07) is 0. The smallest absolute Gasteiger partial charge is 0.337 e. The van der Waals surface area contributed by atoms with Crippen molar-refractivity contribution < 1.29 is 18.9 Å². The van der Waals surface area contributed by atoms with Gasteiger partial charge in [-0.25, -0.2) is 0 Å². The van der Waals surface area contributed by atoms with Gasteiger partial charge in [0.2, 0.25) is 0 Å². The largest absolute Gasteiger partial charge is 1.00 e. The summed E-state index contributed by atoms with van der Waals surface area (Å²) in [5, 5.41) is 0. The molecule has 0 heterocycles. The molecule has 0 atom stereocenters. The molecule has 0 aliphatic heterocycles. The number of rotatable bonds is 0. The fraction of sp³-hybridized carbons (Fsp3) is 0. The standard InChI is InChI=1S/CHBrCl.Li/c2-1-3;/h1H;/q-1;+1. The van der Waals surface area contributed by atoms with Crippen LogP contribution < -0.4 is 18.9 Å². The zero-order valence-corrected chi connectivity index (χ0v) is 4.68. The zero-order chi connectivity index (χ0) is 2.71. The van der Waals surface area contributed by atoms with Crippen LogP contribution in [0.3, 0.4) is 0 Å². The normalized spacial score (nSPS) is 4.50. The first-order valence-corrected chi connectivity index (χ1v) is 1.79. The summed E-state index contributed by atoms with van der Waals surface area (Å²) < 4.78 is 0. The number of hydrogen-bond donors (Lipinski definition) is 0. The van der Waals surface area contributed by atoms with Crippen LogP contribution >= 0.6 is 27.5 Å². The van der Waals surface area contributed by atoms with Gasteiger partial charge in [-0.15, -0.1) is 0 Å².